The molecule has 1 aromatic rings. The minimum Gasteiger partial charge on any atom is -0.338 e. The molecule has 1 aromatic carbocycles. The van der Waals surface area contributed by atoms with Gasteiger partial charge >= 0.3 is 0 Å². The first-order chi connectivity index (χ1) is 8.74. The maximum atomic E-state index is 12.2. The highest BCUT2D eigenvalue weighted by Crippen LogP contribution is 2.18. The Hall–Kier alpha value is -1.57. The van der Waals surface area contributed by atoms with Crippen LogP contribution in [0.5, 0.6) is 0 Å². The minimum atomic E-state index is 0. The van der Waals surface area contributed by atoms with Crippen LogP contribution in [0.15, 0.2) is 24.3 Å². The summed E-state index contributed by atoms with van der Waals surface area (Å²) in [6, 6.07) is 8.89. The Bertz CT molecular complexity index is 467. The average molecular weight is 280 g/mol. The van der Waals surface area contributed by atoms with Gasteiger partial charge in [-0.05, 0) is 50.2 Å². The maximum Gasteiger partial charge on any atom is 0.253 e. The molecule has 0 saturated carbocycles. The van der Waals surface area contributed by atoms with Crippen molar-refractivity contribution in [1.29, 1.82) is 5.26 Å². The zero-order chi connectivity index (χ0) is 13.0. The molecule has 4 nitrogen and oxygen atoms in total. The number of nitriles is 1. The molecule has 1 atom stereocenters. The molecular weight excluding hydrogens is 262 g/mol. The number of carbonyl (C=O) groups is 1. The summed E-state index contributed by atoms with van der Waals surface area (Å²) in [6.45, 7) is 2.60. The van der Waals surface area contributed by atoms with Crippen LogP contribution in [0.2, 0.25) is 0 Å². The minimum absolute atomic E-state index is 0. The molecule has 0 aromatic heterocycles. The molecule has 1 saturated heterocycles. The molecule has 1 heterocycles. The van der Waals surface area contributed by atoms with Crippen LogP contribution in [0.3, 0.4) is 0 Å². The number of amides is 1. The number of carbonyl (C=O) groups excluding carboxylic acids is 1. The van der Waals surface area contributed by atoms with Gasteiger partial charge in [0.2, 0.25) is 0 Å². The predicted octanol–water partition coefficient (Wildman–Crippen LogP) is 1.66. The van der Waals surface area contributed by atoms with E-state index in [1.54, 1.807) is 24.3 Å². The van der Waals surface area contributed by atoms with Gasteiger partial charge in [0, 0.05) is 18.7 Å². The normalized spacial score (nSPS) is 17.7. The van der Waals surface area contributed by atoms with Crippen molar-refractivity contribution in [2.45, 2.75) is 6.42 Å². The molecule has 1 amide bonds. The number of nitrogens with one attached hydrogen (secondary N) is 1. The number of hydrogen-bond acceptors (Lipinski definition) is 3. The number of rotatable bonds is 3. The van der Waals surface area contributed by atoms with Gasteiger partial charge in [0.1, 0.15) is 0 Å². The molecule has 1 fully saturated rings. The van der Waals surface area contributed by atoms with Crippen LogP contribution in [-0.2, 0) is 0 Å². The van der Waals surface area contributed by atoms with E-state index in [1.807, 2.05) is 11.9 Å². The zero-order valence-electron chi connectivity index (χ0n) is 10.9. The summed E-state index contributed by atoms with van der Waals surface area (Å²) in [5, 5.41) is 11.9. The molecule has 1 unspecified atom stereocenters. The molecule has 0 radical (unpaired) electrons. The fourth-order valence-corrected chi connectivity index (χ4v) is 2.34. The smallest absolute Gasteiger partial charge is 0.253 e. The van der Waals surface area contributed by atoms with E-state index in [0.717, 1.165) is 26.1 Å². The van der Waals surface area contributed by atoms with Gasteiger partial charge in [-0.3, -0.25) is 4.79 Å². The highest BCUT2D eigenvalue weighted by molar-refractivity contribution is 5.94. The molecular formula is C14H18ClN3O. The van der Waals surface area contributed by atoms with Crippen molar-refractivity contribution in [1.82, 2.24) is 10.2 Å². The Morgan fingerprint density at radius 2 is 2.16 bits per heavy atom. The van der Waals surface area contributed by atoms with Crippen molar-refractivity contribution in [3.63, 3.8) is 0 Å². The summed E-state index contributed by atoms with van der Waals surface area (Å²) in [5.41, 5.74) is 1.25. The Labute approximate surface area is 119 Å². The molecule has 2 rings (SSSR count). The van der Waals surface area contributed by atoms with E-state index in [4.69, 9.17) is 5.26 Å². The molecule has 0 spiro atoms. The molecule has 1 aliphatic rings. The van der Waals surface area contributed by atoms with Crippen molar-refractivity contribution in [2.75, 3.05) is 26.7 Å². The molecule has 1 aliphatic heterocycles. The van der Waals surface area contributed by atoms with Crippen molar-refractivity contribution < 1.29 is 4.79 Å². The number of benzene rings is 1. The zero-order valence-corrected chi connectivity index (χ0v) is 11.7. The second-order valence-electron chi connectivity index (χ2n) is 4.65. The maximum absolute atomic E-state index is 12.2. The summed E-state index contributed by atoms with van der Waals surface area (Å²) in [5.74, 6) is 0.621. The van der Waals surface area contributed by atoms with Gasteiger partial charge in [-0.1, -0.05) is 0 Å². The van der Waals surface area contributed by atoms with Crippen LogP contribution in [-0.4, -0.2) is 37.5 Å². The largest absolute Gasteiger partial charge is 0.338 e. The average Bonchev–Trinajstić information content (AvgIpc) is 2.87. The van der Waals surface area contributed by atoms with E-state index in [9.17, 15) is 4.79 Å². The van der Waals surface area contributed by atoms with Crippen molar-refractivity contribution in [2.24, 2.45) is 5.92 Å². The first kappa shape index (κ1) is 15.5. The summed E-state index contributed by atoms with van der Waals surface area (Å²) < 4.78 is 0. The molecule has 1 N–H and O–H groups in total. The Morgan fingerprint density at radius 1 is 1.47 bits per heavy atom. The van der Waals surface area contributed by atoms with Gasteiger partial charge < -0.3 is 10.2 Å². The van der Waals surface area contributed by atoms with Gasteiger partial charge in [-0.25, -0.2) is 0 Å². The fraction of sp³-hybridized carbons (Fsp3) is 0.429. The number of nitrogens with zero attached hydrogens (tertiary/aromatic N) is 2. The molecule has 0 aliphatic carbocycles. The topological polar surface area (TPSA) is 56.1 Å². The van der Waals surface area contributed by atoms with Crippen LogP contribution in [0.4, 0.5) is 0 Å². The monoisotopic (exact) mass is 279 g/mol. The lowest BCUT2D eigenvalue weighted by atomic mass is 10.1. The number of likely N-dealkylation sites (tertiary alicyclic amines) is 1. The lowest BCUT2D eigenvalue weighted by Crippen LogP contribution is -2.30. The first-order valence-corrected chi connectivity index (χ1v) is 6.18. The van der Waals surface area contributed by atoms with E-state index in [1.165, 1.54) is 0 Å². The van der Waals surface area contributed by atoms with Crippen molar-refractivity contribution >= 4 is 18.3 Å². The van der Waals surface area contributed by atoms with E-state index < -0.39 is 0 Å². The molecule has 19 heavy (non-hydrogen) atoms. The van der Waals surface area contributed by atoms with Gasteiger partial charge in [0.25, 0.3) is 5.91 Å². The van der Waals surface area contributed by atoms with E-state index >= 15 is 0 Å². The van der Waals surface area contributed by atoms with Gasteiger partial charge in [-0.2, -0.15) is 5.26 Å². The lowest BCUT2D eigenvalue weighted by molar-refractivity contribution is 0.0787. The summed E-state index contributed by atoms with van der Waals surface area (Å²) in [7, 11) is 1.94. The second-order valence-corrected chi connectivity index (χ2v) is 4.65. The van der Waals surface area contributed by atoms with Crippen molar-refractivity contribution in [3.8, 4) is 6.07 Å². The lowest BCUT2D eigenvalue weighted by Gasteiger charge is -2.16. The van der Waals surface area contributed by atoms with Crippen LogP contribution < -0.4 is 5.32 Å². The highest BCUT2D eigenvalue weighted by Gasteiger charge is 2.26. The Kier molecular flexibility index (Phi) is 5.81. The molecule has 5 heteroatoms. The second kappa shape index (κ2) is 7.13. The number of hydrogen-bond donors (Lipinski definition) is 1. The molecule has 0 bridgehead atoms. The van der Waals surface area contributed by atoms with Crippen LogP contribution in [0.25, 0.3) is 0 Å². The quantitative estimate of drug-likeness (QED) is 0.916. The van der Waals surface area contributed by atoms with Crippen LogP contribution in [0.1, 0.15) is 22.3 Å². The third-order valence-corrected chi connectivity index (χ3v) is 3.33. The summed E-state index contributed by atoms with van der Waals surface area (Å²) >= 11 is 0. The van der Waals surface area contributed by atoms with E-state index in [-0.39, 0.29) is 18.3 Å². The van der Waals surface area contributed by atoms with Crippen LogP contribution in [0, 0.1) is 17.2 Å². The summed E-state index contributed by atoms with van der Waals surface area (Å²) in [6.07, 6.45) is 1.06. The first-order valence-electron chi connectivity index (χ1n) is 6.18. The highest BCUT2D eigenvalue weighted by atomic mass is 35.5. The SMILES string of the molecule is CNCC1CCN(C(=O)c2ccc(C#N)cc2)C1.Cl. The van der Waals surface area contributed by atoms with Gasteiger partial charge in [0.15, 0.2) is 0 Å². The van der Waals surface area contributed by atoms with Crippen molar-refractivity contribution in [3.05, 3.63) is 35.4 Å². The third kappa shape index (κ3) is 3.69. The predicted molar refractivity (Wildman–Crippen MR) is 76.3 cm³/mol. The van der Waals surface area contributed by atoms with Gasteiger partial charge in [-0.15, -0.1) is 12.4 Å². The standard InChI is InChI=1S/C14H17N3O.ClH/c1-16-9-12-6-7-17(10-12)14(18)13-4-2-11(8-15)3-5-13;/h2-5,12,16H,6-7,9-10H2,1H3;1H. The molecule has 102 valence electrons. The van der Waals surface area contributed by atoms with Crippen LogP contribution >= 0.6 is 12.4 Å². The number of halogens is 1. The third-order valence-electron chi connectivity index (χ3n) is 3.33. The Morgan fingerprint density at radius 3 is 2.74 bits per heavy atom. The van der Waals surface area contributed by atoms with E-state index in [2.05, 4.69) is 11.4 Å². The van der Waals surface area contributed by atoms with Gasteiger partial charge in [0.05, 0.1) is 11.6 Å². The fourth-order valence-electron chi connectivity index (χ4n) is 2.34. The Balaban J connectivity index is 0.00000180. The van der Waals surface area contributed by atoms with E-state index in [0.29, 0.717) is 17.0 Å². The summed E-state index contributed by atoms with van der Waals surface area (Å²) in [4.78, 5) is 14.1.